The van der Waals surface area contributed by atoms with Gasteiger partial charge in [0, 0.05) is 41.0 Å². The molecule has 39 heavy (non-hydrogen) atoms. The predicted octanol–water partition coefficient (Wildman–Crippen LogP) is 6.29. The second kappa shape index (κ2) is 11.1. The van der Waals surface area contributed by atoms with Crippen LogP contribution in [-0.2, 0) is 22.0 Å². The molecule has 0 spiro atoms. The first kappa shape index (κ1) is 28.1. The molecule has 0 fully saturated rings. The number of aromatic nitrogens is 3. The number of nitrogens with one attached hydrogen (secondary N) is 1. The van der Waals surface area contributed by atoms with Gasteiger partial charge in [-0.15, -0.1) is 11.3 Å². The Labute approximate surface area is 233 Å². The Morgan fingerprint density at radius 1 is 0.795 bits per heavy atom. The molecule has 0 saturated carbocycles. The molecule has 0 aliphatic rings. The Bertz CT molecular complexity index is 1450. The topological polar surface area (TPSA) is 105 Å². The van der Waals surface area contributed by atoms with E-state index in [1.165, 1.54) is 16.9 Å². The molecule has 8 heteroatoms. The monoisotopic (exact) mass is 542 g/mol. The first-order valence-corrected chi connectivity index (χ1v) is 13.6. The second-order valence-electron chi connectivity index (χ2n) is 11.7. The van der Waals surface area contributed by atoms with Gasteiger partial charge in [-0.3, -0.25) is 4.79 Å². The van der Waals surface area contributed by atoms with Gasteiger partial charge in [-0.1, -0.05) is 90.1 Å². The minimum atomic E-state index is -1.10. The van der Waals surface area contributed by atoms with Crippen LogP contribution < -0.4 is 5.32 Å². The zero-order valence-corrected chi connectivity index (χ0v) is 24.0. The summed E-state index contributed by atoms with van der Waals surface area (Å²) in [6.07, 6.45) is 5.43. The summed E-state index contributed by atoms with van der Waals surface area (Å²) in [6.45, 7) is 12.7. The van der Waals surface area contributed by atoms with Crippen molar-refractivity contribution < 1.29 is 14.7 Å². The molecule has 0 saturated heterocycles. The standard InChI is InChI=1S/C31H34N4O3S/c1-30(2,3)23-13-11-20(12-14-23)22-16-32-26(33-17-22)21-9-7-19(8-10-21)15-24(29(37)38)35-27(36)28-34-18-25(39-28)31(4,5)6/h7-14,16-18,24H,15H2,1-6H3,(H,35,36)(H,37,38)/t24-/m0/s1. The van der Waals surface area contributed by atoms with E-state index in [1.54, 1.807) is 6.20 Å². The summed E-state index contributed by atoms with van der Waals surface area (Å²) in [6, 6.07) is 14.8. The number of carbonyl (C=O) groups excluding carboxylic acids is 1. The number of rotatable bonds is 7. The smallest absolute Gasteiger partial charge is 0.326 e. The van der Waals surface area contributed by atoms with Crippen molar-refractivity contribution in [2.24, 2.45) is 0 Å². The van der Waals surface area contributed by atoms with Crippen molar-refractivity contribution >= 4 is 23.2 Å². The molecule has 202 valence electrons. The molecule has 4 rings (SSSR count). The van der Waals surface area contributed by atoms with Gasteiger partial charge >= 0.3 is 5.97 Å². The minimum Gasteiger partial charge on any atom is -0.480 e. The van der Waals surface area contributed by atoms with Crippen molar-refractivity contribution in [1.29, 1.82) is 0 Å². The summed E-state index contributed by atoms with van der Waals surface area (Å²) in [5.41, 5.74) is 4.82. The molecule has 2 heterocycles. The molecule has 0 unspecified atom stereocenters. The highest BCUT2D eigenvalue weighted by molar-refractivity contribution is 7.13. The Balaban J connectivity index is 1.42. The number of benzene rings is 2. The maximum Gasteiger partial charge on any atom is 0.326 e. The molecule has 4 aromatic rings. The van der Waals surface area contributed by atoms with Crippen LogP contribution in [0.1, 0.15) is 67.3 Å². The zero-order valence-electron chi connectivity index (χ0n) is 23.1. The zero-order chi connectivity index (χ0) is 28.4. The van der Waals surface area contributed by atoms with E-state index < -0.39 is 17.9 Å². The summed E-state index contributed by atoms with van der Waals surface area (Å²) in [5, 5.41) is 12.6. The fourth-order valence-electron chi connectivity index (χ4n) is 3.96. The molecule has 0 aliphatic carbocycles. The number of carbonyl (C=O) groups is 2. The Hall–Kier alpha value is -3.91. The fourth-order valence-corrected chi connectivity index (χ4v) is 4.84. The minimum absolute atomic E-state index is 0.0958. The van der Waals surface area contributed by atoms with E-state index in [4.69, 9.17) is 0 Å². The maximum absolute atomic E-state index is 12.7. The number of aliphatic carboxylic acids is 1. The Morgan fingerprint density at radius 2 is 1.38 bits per heavy atom. The molecule has 1 atom stereocenters. The lowest BCUT2D eigenvalue weighted by atomic mass is 9.86. The van der Waals surface area contributed by atoms with Crippen molar-refractivity contribution in [3.63, 3.8) is 0 Å². The van der Waals surface area contributed by atoms with Crippen LogP contribution in [0.5, 0.6) is 0 Å². The van der Waals surface area contributed by atoms with E-state index in [0.717, 1.165) is 27.1 Å². The average molecular weight is 543 g/mol. The van der Waals surface area contributed by atoms with Gasteiger partial charge in [0.15, 0.2) is 10.8 Å². The van der Waals surface area contributed by atoms with Crippen LogP contribution in [0.2, 0.25) is 0 Å². The number of thiazole rings is 1. The summed E-state index contributed by atoms with van der Waals surface area (Å²) in [5.74, 6) is -1.01. The van der Waals surface area contributed by atoms with Crippen LogP contribution in [0.4, 0.5) is 0 Å². The molecule has 2 N–H and O–H groups in total. The van der Waals surface area contributed by atoms with Crippen LogP contribution in [0.15, 0.2) is 67.1 Å². The third kappa shape index (κ3) is 6.95. The molecule has 0 bridgehead atoms. The van der Waals surface area contributed by atoms with Gasteiger partial charge in [-0.05, 0) is 27.5 Å². The lowest BCUT2D eigenvalue weighted by molar-refractivity contribution is -0.139. The van der Waals surface area contributed by atoms with Gasteiger partial charge in [0.2, 0.25) is 0 Å². The highest BCUT2D eigenvalue weighted by atomic mass is 32.1. The largest absolute Gasteiger partial charge is 0.480 e. The van der Waals surface area contributed by atoms with Crippen LogP contribution in [-0.4, -0.2) is 38.0 Å². The number of nitrogens with zero attached hydrogens (tertiary/aromatic N) is 3. The van der Waals surface area contributed by atoms with E-state index in [2.05, 4.69) is 65.3 Å². The number of amides is 1. The Morgan fingerprint density at radius 3 is 1.90 bits per heavy atom. The van der Waals surface area contributed by atoms with Gasteiger partial charge in [0.05, 0.1) is 0 Å². The highest BCUT2D eigenvalue weighted by Gasteiger charge is 2.25. The fraction of sp³-hybridized carbons (Fsp3) is 0.323. The Kier molecular flexibility index (Phi) is 7.97. The summed E-state index contributed by atoms with van der Waals surface area (Å²) in [4.78, 5) is 38.8. The molecule has 2 aromatic carbocycles. The van der Waals surface area contributed by atoms with Gasteiger partial charge in [-0.2, -0.15) is 0 Å². The van der Waals surface area contributed by atoms with Crippen molar-refractivity contribution in [2.75, 3.05) is 0 Å². The normalized spacial score (nSPS) is 12.7. The van der Waals surface area contributed by atoms with Crippen molar-refractivity contribution in [3.05, 3.63) is 88.1 Å². The van der Waals surface area contributed by atoms with Crippen LogP contribution in [0.3, 0.4) is 0 Å². The molecule has 7 nitrogen and oxygen atoms in total. The van der Waals surface area contributed by atoms with E-state index >= 15 is 0 Å². The first-order chi connectivity index (χ1) is 18.3. The maximum atomic E-state index is 12.7. The van der Waals surface area contributed by atoms with Gasteiger partial charge < -0.3 is 10.4 Å². The predicted molar refractivity (Wildman–Crippen MR) is 155 cm³/mol. The SMILES string of the molecule is CC(C)(C)c1ccc(-c2cnc(-c3ccc(C[C@H](NC(=O)c4ncc(C(C)(C)C)s4)C(=O)O)cc3)nc2)cc1. The van der Waals surface area contributed by atoms with E-state index in [1.807, 2.05) is 57.4 Å². The van der Waals surface area contributed by atoms with Crippen LogP contribution >= 0.6 is 11.3 Å². The molecular formula is C31H34N4O3S. The molecule has 2 aromatic heterocycles. The molecule has 0 aliphatic heterocycles. The lowest BCUT2D eigenvalue weighted by Crippen LogP contribution is -2.42. The summed E-state index contributed by atoms with van der Waals surface area (Å²) in [7, 11) is 0. The van der Waals surface area contributed by atoms with Gasteiger partial charge in [-0.25, -0.2) is 19.7 Å². The van der Waals surface area contributed by atoms with Crippen molar-refractivity contribution in [1.82, 2.24) is 20.3 Å². The van der Waals surface area contributed by atoms with Gasteiger partial charge in [0.1, 0.15) is 6.04 Å². The van der Waals surface area contributed by atoms with Gasteiger partial charge in [0.25, 0.3) is 5.91 Å². The third-order valence-corrected chi connectivity index (χ3v) is 7.85. The number of hydrogen-bond donors (Lipinski definition) is 2. The van der Waals surface area contributed by atoms with E-state index in [0.29, 0.717) is 5.82 Å². The molecular weight excluding hydrogens is 508 g/mol. The van der Waals surface area contributed by atoms with E-state index in [-0.39, 0.29) is 22.3 Å². The number of carboxylic acids is 1. The van der Waals surface area contributed by atoms with E-state index in [9.17, 15) is 14.7 Å². The summed E-state index contributed by atoms with van der Waals surface area (Å²) >= 11 is 1.28. The first-order valence-electron chi connectivity index (χ1n) is 12.8. The number of hydrogen-bond acceptors (Lipinski definition) is 6. The van der Waals surface area contributed by atoms with Crippen LogP contribution in [0.25, 0.3) is 22.5 Å². The number of carboxylic acid groups (broad SMARTS) is 1. The highest BCUT2D eigenvalue weighted by Crippen LogP contribution is 2.28. The summed E-state index contributed by atoms with van der Waals surface area (Å²) < 4.78 is 0. The molecule has 1 amide bonds. The van der Waals surface area contributed by atoms with Crippen molar-refractivity contribution in [2.45, 2.75) is 64.8 Å². The lowest BCUT2D eigenvalue weighted by Gasteiger charge is -2.19. The molecule has 0 radical (unpaired) electrons. The quantitative estimate of drug-likeness (QED) is 0.284. The second-order valence-corrected chi connectivity index (χ2v) is 12.7. The van der Waals surface area contributed by atoms with Crippen molar-refractivity contribution in [3.8, 4) is 22.5 Å². The third-order valence-electron chi connectivity index (χ3n) is 6.43. The van der Waals surface area contributed by atoms with Crippen LogP contribution in [0, 0.1) is 0 Å². The average Bonchev–Trinajstić information content (AvgIpc) is 3.40.